The lowest BCUT2D eigenvalue weighted by atomic mass is 9.77. The Morgan fingerprint density at radius 1 is 0.971 bits per heavy atom. The molecule has 2 N–H and O–H groups in total. The fourth-order valence-corrected chi connectivity index (χ4v) is 5.44. The van der Waals surface area contributed by atoms with Crippen molar-refractivity contribution in [3.8, 4) is 11.5 Å². The number of hydrogen-bond donors (Lipinski definition) is 1. The van der Waals surface area contributed by atoms with E-state index in [2.05, 4.69) is 40.2 Å². The molecule has 3 aromatic rings. The number of nitrogens with two attached hydrogens (primary N) is 1. The Morgan fingerprint density at radius 2 is 1.69 bits per heavy atom. The third-order valence-corrected chi connectivity index (χ3v) is 7.39. The lowest BCUT2D eigenvalue weighted by molar-refractivity contribution is -0.137. The highest BCUT2D eigenvalue weighted by atomic mass is 16.5. The van der Waals surface area contributed by atoms with Crippen LogP contribution in [-0.4, -0.2) is 61.2 Å². The van der Waals surface area contributed by atoms with Gasteiger partial charge in [0.2, 0.25) is 11.9 Å². The molecule has 2 fully saturated rings. The summed E-state index contributed by atoms with van der Waals surface area (Å²) < 4.78 is 10.8. The highest BCUT2D eigenvalue weighted by Gasteiger charge is 2.32. The summed E-state index contributed by atoms with van der Waals surface area (Å²) in [5.74, 6) is 3.05. The number of fused-ring (bicyclic) bond motifs is 1. The number of hydrogen-bond acceptors (Lipinski definition) is 7. The van der Waals surface area contributed by atoms with E-state index >= 15 is 0 Å². The fraction of sp³-hybridized carbons (Fsp3) is 0.444. The number of rotatable bonds is 5. The van der Waals surface area contributed by atoms with Crippen molar-refractivity contribution in [2.45, 2.75) is 31.6 Å². The predicted octanol–water partition coefficient (Wildman–Crippen LogP) is 3.85. The third kappa shape index (κ3) is 4.70. The van der Waals surface area contributed by atoms with Crippen LogP contribution in [0, 0.1) is 5.92 Å². The van der Waals surface area contributed by atoms with E-state index in [4.69, 9.17) is 20.2 Å². The van der Waals surface area contributed by atoms with Crippen LogP contribution in [0.1, 0.15) is 37.2 Å². The van der Waals surface area contributed by atoms with Crippen molar-refractivity contribution in [3.63, 3.8) is 0 Å². The number of piperazine rings is 1. The monoisotopic (exact) mass is 475 g/mol. The van der Waals surface area contributed by atoms with Gasteiger partial charge in [-0.25, -0.2) is 4.98 Å². The number of carbonyl (C=O) groups excluding carboxylic acids is 1. The van der Waals surface area contributed by atoms with Gasteiger partial charge in [0.05, 0.1) is 19.7 Å². The molecule has 0 unspecified atom stereocenters. The van der Waals surface area contributed by atoms with Crippen LogP contribution in [0.25, 0.3) is 10.9 Å². The normalized spacial score (nSPS) is 20.6. The van der Waals surface area contributed by atoms with Gasteiger partial charge in [-0.2, -0.15) is 4.98 Å². The van der Waals surface area contributed by atoms with Gasteiger partial charge in [0.15, 0.2) is 11.5 Å². The molecule has 2 aromatic carbocycles. The van der Waals surface area contributed by atoms with E-state index < -0.39 is 0 Å². The van der Waals surface area contributed by atoms with Gasteiger partial charge in [-0.15, -0.1) is 0 Å². The van der Waals surface area contributed by atoms with Crippen LogP contribution in [0.15, 0.2) is 42.5 Å². The van der Waals surface area contributed by atoms with E-state index in [1.165, 1.54) is 12.0 Å². The quantitative estimate of drug-likeness (QED) is 0.599. The van der Waals surface area contributed by atoms with Crippen molar-refractivity contribution in [1.29, 1.82) is 0 Å². The number of amides is 1. The Kier molecular flexibility index (Phi) is 6.61. The average Bonchev–Trinajstić information content (AvgIpc) is 2.92. The summed E-state index contributed by atoms with van der Waals surface area (Å²) >= 11 is 0. The lowest BCUT2D eigenvalue weighted by Gasteiger charge is -2.38. The molecular weight excluding hydrogens is 442 g/mol. The van der Waals surface area contributed by atoms with Gasteiger partial charge in [0, 0.05) is 43.5 Å². The van der Waals surface area contributed by atoms with E-state index in [0.717, 1.165) is 24.6 Å². The topological polar surface area (TPSA) is 93.8 Å². The summed E-state index contributed by atoms with van der Waals surface area (Å²) in [6.07, 6.45) is 4.20. The molecule has 0 bridgehead atoms. The van der Waals surface area contributed by atoms with Crippen LogP contribution < -0.4 is 20.1 Å². The molecular formula is C27H33N5O3. The Balaban J connectivity index is 1.25. The second kappa shape index (κ2) is 9.98. The number of nitrogens with zero attached hydrogens (tertiary/aromatic N) is 4. The molecule has 0 spiro atoms. The maximum absolute atomic E-state index is 13.4. The predicted molar refractivity (Wildman–Crippen MR) is 137 cm³/mol. The van der Waals surface area contributed by atoms with Gasteiger partial charge in [-0.05, 0) is 36.8 Å². The van der Waals surface area contributed by atoms with Crippen molar-refractivity contribution >= 4 is 28.6 Å². The van der Waals surface area contributed by atoms with Crippen molar-refractivity contribution in [1.82, 2.24) is 14.9 Å². The van der Waals surface area contributed by atoms with Gasteiger partial charge in [0.1, 0.15) is 5.82 Å². The number of anilines is 2. The summed E-state index contributed by atoms with van der Waals surface area (Å²) in [4.78, 5) is 26.8. The van der Waals surface area contributed by atoms with E-state index in [1.54, 1.807) is 20.3 Å². The molecule has 2 aliphatic rings. The molecule has 1 saturated carbocycles. The second-order valence-corrected chi connectivity index (χ2v) is 9.42. The second-order valence-electron chi connectivity index (χ2n) is 9.42. The zero-order valence-corrected chi connectivity index (χ0v) is 20.4. The Morgan fingerprint density at radius 3 is 2.40 bits per heavy atom. The number of aromatic nitrogens is 2. The van der Waals surface area contributed by atoms with E-state index in [1.807, 2.05) is 11.0 Å². The molecule has 1 aliphatic heterocycles. The maximum Gasteiger partial charge on any atom is 0.228 e. The lowest BCUT2D eigenvalue weighted by Crippen LogP contribution is -2.51. The Labute approximate surface area is 206 Å². The van der Waals surface area contributed by atoms with Crippen LogP contribution in [-0.2, 0) is 4.79 Å². The Hall–Kier alpha value is -3.55. The zero-order valence-electron chi connectivity index (χ0n) is 20.4. The van der Waals surface area contributed by atoms with Gasteiger partial charge in [-0.1, -0.05) is 36.8 Å². The molecule has 8 nitrogen and oxygen atoms in total. The first-order valence-corrected chi connectivity index (χ1v) is 12.3. The summed E-state index contributed by atoms with van der Waals surface area (Å²) in [6.45, 7) is 2.69. The number of benzene rings is 2. The summed E-state index contributed by atoms with van der Waals surface area (Å²) in [5.41, 5.74) is 8.34. The van der Waals surface area contributed by atoms with Crippen molar-refractivity contribution < 1.29 is 14.3 Å². The molecule has 1 aliphatic carbocycles. The molecule has 5 rings (SSSR count). The Bertz CT molecular complexity index is 1190. The molecule has 2 atom stereocenters. The molecule has 35 heavy (non-hydrogen) atoms. The molecule has 184 valence electrons. The SMILES string of the molecule is COc1cc2nc(N3CCN(C(=O)[C@@H]4CCC[C@@H](c5ccccc5)C4)CC3)nc(N)c2cc1OC. The number of carbonyl (C=O) groups is 1. The van der Waals surface area contributed by atoms with E-state index in [-0.39, 0.29) is 5.92 Å². The fourth-order valence-electron chi connectivity index (χ4n) is 5.44. The minimum absolute atomic E-state index is 0.107. The third-order valence-electron chi connectivity index (χ3n) is 7.39. The van der Waals surface area contributed by atoms with E-state index in [0.29, 0.717) is 66.8 Å². The molecule has 1 amide bonds. The first-order valence-electron chi connectivity index (χ1n) is 12.3. The highest BCUT2D eigenvalue weighted by molar-refractivity contribution is 5.91. The first-order chi connectivity index (χ1) is 17.1. The van der Waals surface area contributed by atoms with Crippen LogP contribution in [0.5, 0.6) is 11.5 Å². The molecule has 2 heterocycles. The zero-order chi connectivity index (χ0) is 24.4. The molecule has 1 saturated heterocycles. The first kappa shape index (κ1) is 23.2. The minimum atomic E-state index is 0.107. The van der Waals surface area contributed by atoms with Crippen LogP contribution in [0.3, 0.4) is 0 Å². The number of nitrogen functional groups attached to an aromatic ring is 1. The van der Waals surface area contributed by atoms with E-state index in [9.17, 15) is 4.79 Å². The summed E-state index contributed by atoms with van der Waals surface area (Å²) in [6, 6.07) is 14.2. The van der Waals surface area contributed by atoms with Crippen LogP contribution in [0.2, 0.25) is 0 Å². The number of methoxy groups -OCH3 is 2. The minimum Gasteiger partial charge on any atom is -0.493 e. The van der Waals surface area contributed by atoms with Gasteiger partial charge in [0.25, 0.3) is 0 Å². The van der Waals surface area contributed by atoms with Gasteiger partial charge >= 0.3 is 0 Å². The summed E-state index contributed by atoms with van der Waals surface area (Å²) in [7, 11) is 3.19. The average molecular weight is 476 g/mol. The summed E-state index contributed by atoms with van der Waals surface area (Å²) in [5, 5.41) is 0.727. The standard InChI is InChI=1S/C27H33N5O3/c1-34-23-16-21-22(17-24(23)35-2)29-27(30-25(21)28)32-13-11-31(12-14-32)26(33)20-10-6-9-19(15-20)18-7-4-3-5-8-18/h3-5,7-8,16-17,19-20H,6,9-15H2,1-2H3,(H2,28,29,30)/t19-,20-/m1/s1. The molecule has 0 radical (unpaired) electrons. The maximum atomic E-state index is 13.4. The molecule has 8 heteroatoms. The molecule has 1 aromatic heterocycles. The van der Waals surface area contributed by atoms with Crippen molar-refractivity contribution in [3.05, 3.63) is 48.0 Å². The highest BCUT2D eigenvalue weighted by Crippen LogP contribution is 2.37. The number of ether oxygens (including phenoxy) is 2. The van der Waals surface area contributed by atoms with Crippen molar-refractivity contribution in [2.24, 2.45) is 5.92 Å². The van der Waals surface area contributed by atoms with Gasteiger partial charge < -0.3 is 25.0 Å². The largest absolute Gasteiger partial charge is 0.493 e. The van der Waals surface area contributed by atoms with Crippen LogP contribution in [0.4, 0.5) is 11.8 Å². The van der Waals surface area contributed by atoms with Gasteiger partial charge in [-0.3, -0.25) is 4.79 Å². The van der Waals surface area contributed by atoms with Crippen LogP contribution >= 0.6 is 0 Å². The smallest absolute Gasteiger partial charge is 0.228 e. The van der Waals surface area contributed by atoms with Crippen molar-refractivity contribution in [2.75, 3.05) is 51.0 Å².